The first-order chi connectivity index (χ1) is 10.9. The number of hydrogen-bond acceptors (Lipinski definition) is 5. The van der Waals surface area contributed by atoms with Crippen molar-refractivity contribution in [3.63, 3.8) is 0 Å². The van der Waals surface area contributed by atoms with Gasteiger partial charge in [0.1, 0.15) is 6.54 Å². The number of imide groups is 1. The molecule has 2 aromatic rings. The topological polar surface area (TPSA) is 102 Å². The molecule has 0 unspecified atom stereocenters. The molecule has 0 aliphatic heterocycles. The van der Waals surface area contributed by atoms with Crippen LogP contribution in [0.4, 0.5) is 4.79 Å². The molecule has 122 valence electrons. The summed E-state index contributed by atoms with van der Waals surface area (Å²) in [6, 6.07) is 7.14. The second-order valence-electron chi connectivity index (χ2n) is 5.66. The van der Waals surface area contributed by atoms with Gasteiger partial charge < -0.3 is 5.32 Å². The van der Waals surface area contributed by atoms with Crippen LogP contribution >= 0.6 is 0 Å². The highest BCUT2D eigenvalue weighted by molar-refractivity contribution is 5.94. The van der Waals surface area contributed by atoms with E-state index in [4.69, 9.17) is 0 Å². The fourth-order valence-electron chi connectivity index (χ4n) is 1.76. The van der Waals surface area contributed by atoms with Crippen LogP contribution in [0.15, 0.2) is 24.3 Å². The van der Waals surface area contributed by atoms with Crippen LogP contribution in [0.25, 0.3) is 11.4 Å². The quantitative estimate of drug-likeness (QED) is 0.861. The number of hydrogen-bond donors (Lipinski definition) is 2. The van der Waals surface area contributed by atoms with Gasteiger partial charge in [0, 0.05) is 12.1 Å². The lowest BCUT2D eigenvalue weighted by atomic mass is 10.1. The molecule has 0 saturated heterocycles. The highest BCUT2D eigenvalue weighted by Gasteiger charge is 2.12. The second kappa shape index (κ2) is 7.48. The van der Waals surface area contributed by atoms with Crippen LogP contribution in [-0.4, -0.2) is 38.7 Å². The molecule has 0 fully saturated rings. The minimum absolute atomic E-state index is 0.173. The highest BCUT2D eigenvalue weighted by atomic mass is 16.2. The summed E-state index contributed by atoms with van der Waals surface area (Å²) in [5.74, 6) is 0.242. The lowest BCUT2D eigenvalue weighted by molar-refractivity contribution is -0.121. The summed E-state index contributed by atoms with van der Waals surface area (Å²) in [6.07, 6.45) is 0. The number of carbonyl (C=O) groups excluding carboxylic acids is 2. The van der Waals surface area contributed by atoms with Crippen LogP contribution < -0.4 is 10.6 Å². The largest absolute Gasteiger partial charge is 0.338 e. The number of carbonyl (C=O) groups is 2. The van der Waals surface area contributed by atoms with E-state index in [1.165, 1.54) is 0 Å². The molecule has 0 saturated carbocycles. The molecule has 3 amide bonds. The van der Waals surface area contributed by atoms with Crippen LogP contribution in [0.2, 0.25) is 0 Å². The van der Waals surface area contributed by atoms with Gasteiger partial charge in [-0.2, -0.15) is 4.80 Å². The van der Waals surface area contributed by atoms with Crippen molar-refractivity contribution in [3.8, 4) is 11.4 Å². The predicted octanol–water partition coefficient (Wildman–Crippen LogP) is 1.13. The Bertz CT molecular complexity index is 678. The van der Waals surface area contributed by atoms with Gasteiger partial charge in [0.15, 0.2) is 0 Å². The average molecular weight is 316 g/mol. The molecule has 1 heterocycles. The van der Waals surface area contributed by atoms with Gasteiger partial charge in [-0.05, 0) is 18.1 Å². The lowest BCUT2D eigenvalue weighted by Crippen LogP contribution is -2.42. The van der Waals surface area contributed by atoms with Gasteiger partial charge in [-0.3, -0.25) is 10.1 Å². The van der Waals surface area contributed by atoms with E-state index in [9.17, 15) is 9.59 Å². The molecule has 0 aliphatic carbocycles. The number of aryl methyl sites for hydroxylation is 1. The minimum Gasteiger partial charge on any atom is -0.338 e. The van der Waals surface area contributed by atoms with Crippen molar-refractivity contribution in [2.75, 3.05) is 6.54 Å². The van der Waals surface area contributed by atoms with Crippen molar-refractivity contribution in [1.82, 2.24) is 30.8 Å². The third kappa shape index (κ3) is 5.17. The normalized spacial score (nSPS) is 10.6. The number of tetrazole rings is 1. The number of nitrogens with zero attached hydrogens (tertiary/aromatic N) is 4. The average Bonchev–Trinajstić information content (AvgIpc) is 2.94. The summed E-state index contributed by atoms with van der Waals surface area (Å²) in [5.41, 5.74) is 1.95. The second-order valence-corrected chi connectivity index (χ2v) is 5.66. The number of rotatable bonds is 5. The van der Waals surface area contributed by atoms with E-state index in [0.717, 1.165) is 15.9 Å². The van der Waals surface area contributed by atoms with E-state index in [-0.39, 0.29) is 6.54 Å². The fraction of sp³-hybridized carbons (Fsp3) is 0.400. The molecule has 0 aliphatic rings. The van der Waals surface area contributed by atoms with Gasteiger partial charge in [-0.25, -0.2) is 4.79 Å². The van der Waals surface area contributed by atoms with E-state index < -0.39 is 11.9 Å². The number of benzene rings is 1. The first-order valence-electron chi connectivity index (χ1n) is 7.36. The molecular weight excluding hydrogens is 296 g/mol. The summed E-state index contributed by atoms with van der Waals surface area (Å²) < 4.78 is 0. The lowest BCUT2D eigenvalue weighted by Gasteiger charge is -2.07. The Morgan fingerprint density at radius 1 is 1.22 bits per heavy atom. The first kappa shape index (κ1) is 16.6. The molecule has 0 radical (unpaired) electrons. The molecule has 2 rings (SSSR count). The molecule has 0 bridgehead atoms. The maximum absolute atomic E-state index is 11.8. The van der Waals surface area contributed by atoms with Gasteiger partial charge >= 0.3 is 6.03 Å². The number of nitrogens with one attached hydrogen (secondary N) is 2. The van der Waals surface area contributed by atoms with Crippen molar-refractivity contribution in [1.29, 1.82) is 0 Å². The zero-order valence-electron chi connectivity index (χ0n) is 13.4. The molecule has 1 aromatic carbocycles. The molecule has 1 aromatic heterocycles. The monoisotopic (exact) mass is 316 g/mol. The summed E-state index contributed by atoms with van der Waals surface area (Å²) in [4.78, 5) is 24.4. The van der Waals surface area contributed by atoms with E-state index in [1.54, 1.807) is 0 Å². The molecule has 23 heavy (non-hydrogen) atoms. The Hall–Kier alpha value is -2.77. The van der Waals surface area contributed by atoms with Crippen molar-refractivity contribution >= 4 is 11.9 Å². The molecular formula is C15H20N6O2. The number of urea groups is 1. The Balaban J connectivity index is 1.90. The van der Waals surface area contributed by atoms with Crippen molar-refractivity contribution in [2.45, 2.75) is 27.3 Å². The highest BCUT2D eigenvalue weighted by Crippen LogP contribution is 2.13. The van der Waals surface area contributed by atoms with Crippen LogP contribution in [0, 0.1) is 12.8 Å². The maximum atomic E-state index is 11.8. The van der Waals surface area contributed by atoms with Gasteiger partial charge in [-0.1, -0.05) is 43.7 Å². The van der Waals surface area contributed by atoms with Gasteiger partial charge in [-0.15, -0.1) is 10.2 Å². The zero-order chi connectivity index (χ0) is 16.8. The summed E-state index contributed by atoms with van der Waals surface area (Å²) in [5, 5.41) is 16.7. The molecule has 8 nitrogen and oxygen atoms in total. The fourth-order valence-corrected chi connectivity index (χ4v) is 1.76. The number of aromatic nitrogens is 4. The zero-order valence-corrected chi connectivity index (χ0v) is 13.4. The third-order valence-corrected chi connectivity index (χ3v) is 2.97. The van der Waals surface area contributed by atoms with E-state index in [0.29, 0.717) is 18.3 Å². The Kier molecular flexibility index (Phi) is 5.40. The maximum Gasteiger partial charge on any atom is 0.321 e. The number of amides is 3. The summed E-state index contributed by atoms with van der Waals surface area (Å²) in [6.45, 7) is 6.25. The smallest absolute Gasteiger partial charge is 0.321 e. The molecule has 8 heteroatoms. The van der Waals surface area contributed by atoms with Gasteiger partial charge in [0.2, 0.25) is 5.82 Å². The van der Waals surface area contributed by atoms with E-state index in [1.807, 2.05) is 45.0 Å². The Morgan fingerprint density at radius 2 is 1.91 bits per heavy atom. The van der Waals surface area contributed by atoms with Gasteiger partial charge in [0.25, 0.3) is 5.91 Å². The SMILES string of the molecule is Cc1ccc(-c2nnn(CC(=O)NC(=O)NCC(C)C)n2)cc1. The Morgan fingerprint density at radius 3 is 2.57 bits per heavy atom. The van der Waals surface area contributed by atoms with Gasteiger partial charge in [0.05, 0.1) is 0 Å². The van der Waals surface area contributed by atoms with E-state index in [2.05, 4.69) is 26.0 Å². The van der Waals surface area contributed by atoms with Crippen LogP contribution in [-0.2, 0) is 11.3 Å². The first-order valence-corrected chi connectivity index (χ1v) is 7.36. The summed E-state index contributed by atoms with van der Waals surface area (Å²) >= 11 is 0. The van der Waals surface area contributed by atoms with E-state index >= 15 is 0 Å². The third-order valence-electron chi connectivity index (χ3n) is 2.97. The van der Waals surface area contributed by atoms with Crippen molar-refractivity contribution < 1.29 is 9.59 Å². The summed E-state index contributed by atoms with van der Waals surface area (Å²) in [7, 11) is 0. The van der Waals surface area contributed by atoms with Crippen LogP contribution in [0.3, 0.4) is 0 Å². The van der Waals surface area contributed by atoms with Crippen LogP contribution in [0.5, 0.6) is 0 Å². The molecule has 0 spiro atoms. The van der Waals surface area contributed by atoms with Crippen molar-refractivity contribution in [2.24, 2.45) is 5.92 Å². The Labute approximate surface area is 134 Å². The minimum atomic E-state index is -0.525. The van der Waals surface area contributed by atoms with Crippen LogP contribution in [0.1, 0.15) is 19.4 Å². The van der Waals surface area contributed by atoms with Crippen molar-refractivity contribution in [3.05, 3.63) is 29.8 Å². The predicted molar refractivity (Wildman–Crippen MR) is 84.4 cm³/mol. The molecule has 0 atom stereocenters. The molecule has 2 N–H and O–H groups in total. The standard InChI is InChI=1S/C15H20N6O2/c1-10(2)8-16-15(23)17-13(22)9-21-19-14(18-20-21)12-6-4-11(3)5-7-12/h4-7,10H,8-9H2,1-3H3,(H2,16,17,22,23).